The Morgan fingerprint density at radius 1 is 1.60 bits per heavy atom. The zero-order valence-electron chi connectivity index (χ0n) is 8.33. The first kappa shape index (κ1) is 9.96. The summed E-state index contributed by atoms with van der Waals surface area (Å²) in [5.41, 5.74) is -0.00546. The van der Waals surface area contributed by atoms with Crippen molar-refractivity contribution in [2.45, 2.75) is 19.4 Å². The van der Waals surface area contributed by atoms with E-state index in [0.29, 0.717) is 5.92 Å². The number of halogens is 1. The fourth-order valence-electron chi connectivity index (χ4n) is 1.46. The molecule has 1 saturated carbocycles. The summed E-state index contributed by atoms with van der Waals surface area (Å²) in [5.74, 6) is -0.657. The Hall–Kier alpha value is -1.58. The molecule has 0 saturated heterocycles. The first-order valence-electron chi connectivity index (χ1n) is 4.87. The predicted octanol–water partition coefficient (Wildman–Crippen LogP) is 1.67. The highest BCUT2D eigenvalue weighted by Gasteiger charge is 2.34. The van der Waals surface area contributed by atoms with Gasteiger partial charge >= 0.3 is 0 Å². The number of rotatable bonds is 2. The minimum Gasteiger partial charge on any atom is -0.507 e. The van der Waals surface area contributed by atoms with E-state index in [-0.39, 0.29) is 17.4 Å². The molecular formula is C11H12FNO2. The Labute approximate surface area is 86.9 Å². The number of aromatic hydroxyl groups is 1. The Morgan fingerprint density at radius 2 is 2.27 bits per heavy atom. The van der Waals surface area contributed by atoms with Crippen molar-refractivity contribution < 1.29 is 14.3 Å². The van der Waals surface area contributed by atoms with Crippen molar-refractivity contribution in [2.24, 2.45) is 5.92 Å². The second kappa shape index (κ2) is 3.53. The van der Waals surface area contributed by atoms with Crippen LogP contribution in [0.4, 0.5) is 4.39 Å². The van der Waals surface area contributed by atoms with Gasteiger partial charge in [0.15, 0.2) is 0 Å². The molecule has 1 aromatic carbocycles. The van der Waals surface area contributed by atoms with Crippen molar-refractivity contribution >= 4 is 5.91 Å². The minimum absolute atomic E-state index is 0.00546. The van der Waals surface area contributed by atoms with Gasteiger partial charge in [-0.25, -0.2) is 4.39 Å². The van der Waals surface area contributed by atoms with Gasteiger partial charge in [-0.3, -0.25) is 4.79 Å². The average molecular weight is 209 g/mol. The van der Waals surface area contributed by atoms with E-state index < -0.39 is 11.7 Å². The molecule has 0 radical (unpaired) electrons. The molecule has 80 valence electrons. The first-order valence-corrected chi connectivity index (χ1v) is 4.87. The molecule has 1 fully saturated rings. The number of carbonyl (C=O) groups excluding carboxylic acids is 1. The summed E-state index contributed by atoms with van der Waals surface area (Å²) >= 11 is 0. The number of benzene rings is 1. The van der Waals surface area contributed by atoms with E-state index in [0.717, 1.165) is 18.6 Å². The first-order chi connectivity index (χ1) is 7.08. The molecule has 0 bridgehead atoms. The van der Waals surface area contributed by atoms with Gasteiger partial charge in [0.1, 0.15) is 11.6 Å². The second-order valence-corrected chi connectivity index (χ2v) is 3.95. The van der Waals surface area contributed by atoms with Gasteiger partial charge < -0.3 is 10.4 Å². The van der Waals surface area contributed by atoms with Crippen molar-refractivity contribution in [2.75, 3.05) is 0 Å². The summed E-state index contributed by atoms with van der Waals surface area (Å²) in [6, 6.07) is 3.50. The highest BCUT2D eigenvalue weighted by Crippen LogP contribution is 2.29. The second-order valence-electron chi connectivity index (χ2n) is 3.95. The van der Waals surface area contributed by atoms with E-state index in [1.807, 2.05) is 6.92 Å². The van der Waals surface area contributed by atoms with Crippen LogP contribution in [0.3, 0.4) is 0 Å². The van der Waals surface area contributed by atoms with Crippen LogP contribution in [-0.2, 0) is 0 Å². The molecule has 1 aromatic rings. The Morgan fingerprint density at radius 3 is 2.87 bits per heavy atom. The highest BCUT2D eigenvalue weighted by molar-refractivity contribution is 5.97. The number of hydrogen-bond donors (Lipinski definition) is 2. The topological polar surface area (TPSA) is 49.3 Å². The molecule has 1 aliphatic rings. The van der Waals surface area contributed by atoms with Gasteiger partial charge in [0.2, 0.25) is 0 Å². The molecule has 2 unspecified atom stereocenters. The largest absolute Gasteiger partial charge is 0.507 e. The van der Waals surface area contributed by atoms with Crippen LogP contribution in [0.1, 0.15) is 23.7 Å². The van der Waals surface area contributed by atoms with Crippen LogP contribution in [0.25, 0.3) is 0 Å². The molecule has 0 heterocycles. The Balaban J connectivity index is 2.14. The number of hydrogen-bond acceptors (Lipinski definition) is 2. The molecule has 0 aliphatic heterocycles. The van der Waals surface area contributed by atoms with E-state index in [2.05, 4.69) is 5.32 Å². The lowest BCUT2D eigenvalue weighted by molar-refractivity contribution is 0.0946. The van der Waals surface area contributed by atoms with E-state index in [1.54, 1.807) is 0 Å². The SMILES string of the molecule is CC1CC1NC(=O)c1cc(F)ccc1O. The summed E-state index contributed by atoms with van der Waals surface area (Å²) < 4.78 is 12.8. The number of carbonyl (C=O) groups is 1. The van der Waals surface area contributed by atoms with Crippen LogP contribution in [0.5, 0.6) is 5.75 Å². The van der Waals surface area contributed by atoms with Crippen LogP contribution in [0.2, 0.25) is 0 Å². The quantitative estimate of drug-likeness (QED) is 0.778. The zero-order valence-corrected chi connectivity index (χ0v) is 8.33. The highest BCUT2D eigenvalue weighted by atomic mass is 19.1. The number of amides is 1. The molecule has 15 heavy (non-hydrogen) atoms. The number of phenolic OH excluding ortho intramolecular Hbond substituents is 1. The van der Waals surface area contributed by atoms with Crippen molar-refractivity contribution in [3.63, 3.8) is 0 Å². The van der Waals surface area contributed by atoms with Crippen LogP contribution in [0.15, 0.2) is 18.2 Å². The smallest absolute Gasteiger partial charge is 0.255 e. The molecule has 0 aromatic heterocycles. The van der Waals surface area contributed by atoms with Crippen molar-refractivity contribution in [3.05, 3.63) is 29.6 Å². The minimum atomic E-state index is -0.526. The van der Waals surface area contributed by atoms with Crippen molar-refractivity contribution in [3.8, 4) is 5.75 Å². The van der Waals surface area contributed by atoms with Crippen molar-refractivity contribution in [1.82, 2.24) is 5.32 Å². The molecule has 4 heteroatoms. The summed E-state index contributed by atoms with van der Waals surface area (Å²) in [7, 11) is 0. The van der Waals surface area contributed by atoms with E-state index in [1.165, 1.54) is 6.07 Å². The number of phenols is 1. The maximum absolute atomic E-state index is 12.8. The maximum Gasteiger partial charge on any atom is 0.255 e. The summed E-state index contributed by atoms with van der Waals surface area (Å²) in [5, 5.41) is 12.1. The number of nitrogens with one attached hydrogen (secondary N) is 1. The summed E-state index contributed by atoms with van der Waals surface area (Å²) in [6.07, 6.45) is 0.946. The molecule has 1 aliphatic carbocycles. The van der Waals surface area contributed by atoms with Gasteiger partial charge in [-0.15, -0.1) is 0 Å². The molecule has 3 nitrogen and oxygen atoms in total. The molecule has 0 spiro atoms. The standard InChI is InChI=1S/C11H12FNO2/c1-6-4-9(6)13-11(15)8-5-7(12)2-3-10(8)14/h2-3,5-6,9,14H,4H2,1H3,(H,13,15). The fraction of sp³-hybridized carbons (Fsp3) is 0.364. The third-order valence-electron chi connectivity index (χ3n) is 2.63. The van der Waals surface area contributed by atoms with Crippen LogP contribution >= 0.6 is 0 Å². The summed E-state index contributed by atoms with van der Waals surface area (Å²) in [6.45, 7) is 2.02. The van der Waals surface area contributed by atoms with E-state index >= 15 is 0 Å². The molecular weight excluding hydrogens is 197 g/mol. The Bertz CT molecular complexity index is 406. The normalized spacial score (nSPS) is 23.6. The molecule has 2 rings (SSSR count). The lowest BCUT2D eigenvalue weighted by Crippen LogP contribution is -2.26. The van der Waals surface area contributed by atoms with E-state index in [4.69, 9.17) is 0 Å². The van der Waals surface area contributed by atoms with Crippen LogP contribution < -0.4 is 5.32 Å². The van der Waals surface area contributed by atoms with Gasteiger partial charge in [0.05, 0.1) is 5.56 Å². The lowest BCUT2D eigenvalue weighted by atomic mass is 10.2. The maximum atomic E-state index is 12.8. The van der Waals surface area contributed by atoms with Gasteiger partial charge in [-0.05, 0) is 30.5 Å². The Kier molecular flexibility index (Phi) is 2.34. The fourth-order valence-corrected chi connectivity index (χ4v) is 1.46. The third-order valence-corrected chi connectivity index (χ3v) is 2.63. The molecule has 2 atom stereocenters. The predicted molar refractivity (Wildman–Crippen MR) is 53.1 cm³/mol. The van der Waals surface area contributed by atoms with Gasteiger partial charge in [0, 0.05) is 6.04 Å². The summed E-state index contributed by atoms with van der Waals surface area (Å²) in [4.78, 5) is 11.6. The zero-order chi connectivity index (χ0) is 11.0. The third kappa shape index (κ3) is 2.09. The average Bonchev–Trinajstić information content (AvgIpc) is 2.86. The van der Waals surface area contributed by atoms with Gasteiger partial charge in [0.25, 0.3) is 5.91 Å². The van der Waals surface area contributed by atoms with E-state index in [9.17, 15) is 14.3 Å². The molecule has 2 N–H and O–H groups in total. The lowest BCUT2D eigenvalue weighted by Gasteiger charge is -2.05. The van der Waals surface area contributed by atoms with Gasteiger partial charge in [-0.1, -0.05) is 6.92 Å². The monoisotopic (exact) mass is 209 g/mol. The van der Waals surface area contributed by atoms with Crippen LogP contribution in [0, 0.1) is 11.7 Å². The van der Waals surface area contributed by atoms with Crippen molar-refractivity contribution in [1.29, 1.82) is 0 Å². The molecule has 1 amide bonds. The van der Waals surface area contributed by atoms with Crippen LogP contribution in [-0.4, -0.2) is 17.1 Å². The van der Waals surface area contributed by atoms with Gasteiger partial charge in [-0.2, -0.15) is 0 Å².